The number of amides is 1. The topological polar surface area (TPSA) is 66.8 Å². The molecule has 21 heavy (non-hydrogen) atoms. The molecule has 2 aliphatic heterocycles. The van der Waals surface area contributed by atoms with Gasteiger partial charge in [-0.15, -0.1) is 11.8 Å². The number of ether oxygens (including phenoxy) is 1. The Kier molecular flexibility index (Phi) is 3.80. The van der Waals surface area contributed by atoms with Crippen LogP contribution in [0.25, 0.3) is 0 Å². The molecule has 1 aromatic carbocycles. The van der Waals surface area contributed by atoms with E-state index in [-0.39, 0.29) is 11.3 Å². The zero-order chi connectivity index (χ0) is 15.0. The number of aliphatic carboxylic acids is 1. The predicted octanol–water partition coefficient (Wildman–Crippen LogP) is 2.00. The number of carbonyl (C=O) groups is 2. The lowest BCUT2D eigenvalue weighted by Gasteiger charge is -2.26. The first kappa shape index (κ1) is 14.3. The second-order valence-electron chi connectivity index (χ2n) is 5.18. The summed E-state index contributed by atoms with van der Waals surface area (Å²) in [7, 11) is 0. The molecule has 2 aliphatic rings. The van der Waals surface area contributed by atoms with Gasteiger partial charge in [0, 0.05) is 17.7 Å². The Bertz CT molecular complexity index is 589. The van der Waals surface area contributed by atoms with Crippen molar-refractivity contribution in [2.75, 3.05) is 12.4 Å². The van der Waals surface area contributed by atoms with Gasteiger partial charge in [0.15, 0.2) is 0 Å². The molecule has 0 aromatic heterocycles. The third kappa shape index (κ3) is 2.48. The van der Waals surface area contributed by atoms with Gasteiger partial charge in [-0.1, -0.05) is 6.92 Å². The molecular formula is C15H17NO4S. The Balaban J connectivity index is 1.90. The first-order valence-corrected chi connectivity index (χ1v) is 8.09. The maximum absolute atomic E-state index is 12.7. The van der Waals surface area contributed by atoms with Gasteiger partial charge in [-0.3, -0.25) is 4.79 Å². The Hall–Kier alpha value is -1.69. The Labute approximate surface area is 127 Å². The summed E-state index contributed by atoms with van der Waals surface area (Å²) in [4.78, 5) is 25.6. The van der Waals surface area contributed by atoms with Crippen LogP contribution in [-0.2, 0) is 11.2 Å². The number of hydrogen-bond acceptors (Lipinski definition) is 4. The average Bonchev–Trinajstić information content (AvgIpc) is 3.11. The lowest BCUT2D eigenvalue weighted by molar-refractivity contribution is -0.141. The largest absolute Gasteiger partial charge is 0.493 e. The van der Waals surface area contributed by atoms with Gasteiger partial charge in [-0.05, 0) is 30.2 Å². The van der Waals surface area contributed by atoms with Gasteiger partial charge in [0.25, 0.3) is 5.91 Å². The quantitative estimate of drug-likeness (QED) is 0.925. The highest BCUT2D eigenvalue weighted by Gasteiger charge is 2.41. The van der Waals surface area contributed by atoms with Crippen LogP contribution in [0.3, 0.4) is 0 Å². The molecule has 2 unspecified atom stereocenters. The van der Waals surface area contributed by atoms with Crippen LogP contribution in [0.2, 0.25) is 0 Å². The van der Waals surface area contributed by atoms with Crippen molar-refractivity contribution in [3.05, 3.63) is 29.3 Å². The van der Waals surface area contributed by atoms with Crippen molar-refractivity contribution in [1.29, 1.82) is 0 Å². The highest BCUT2D eigenvalue weighted by atomic mass is 32.2. The summed E-state index contributed by atoms with van der Waals surface area (Å²) in [5.41, 5.74) is 1.57. The minimum atomic E-state index is -0.934. The molecule has 0 bridgehead atoms. The molecule has 0 saturated carbocycles. The Morgan fingerprint density at radius 1 is 1.48 bits per heavy atom. The summed E-state index contributed by atoms with van der Waals surface area (Å²) in [5, 5.41) is 9.25. The Morgan fingerprint density at radius 2 is 2.29 bits per heavy atom. The highest BCUT2D eigenvalue weighted by molar-refractivity contribution is 8.00. The van der Waals surface area contributed by atoms with Gasteiger partial charge in [0.2, 0.25) is 0 Å². The second-order valence-corrected chi connectivity index (χ2v) is 6.39. The van der Waals surface area contributed by atoms with Crippen LogP contribution in [0.1, 0.15) is 29.3 Å². The van der Waals surface area contributed by atoms with E-state index in [0.717, 1.165) is 24.2 Å². The van der Waals surface area contributed by atoms with Crippen molar-refractivity contribution >= 4 is 23.6 Å². The summed E-state index contributed by atoms with van der Waals surface area (Å²) in [5.74, 6) is 0.141. The number of fused-ring (bicyclic) bond motifs is 1. The number of nitrogens with zero attached hydrogens (tertiary/aromatic N) is 1. The SMILES string of the molecule is CCC1SCC(C(=O)O)N1C(=O)c1ccc2c(c1)CCO2. The fourth-order valence-corrected chi connectivity index (χ4v) is 4.16. The smallest absolute Gasteiger partial charge is 0.327 e. The van der Waals surface area contributed by atoms with E-state index < -0.39 is 12.0 Å². The molecule has 1 amide bonds. The van der Waals surface area contributed by atoms with Crippen LogP contribution in [0.5, 0.6) is 5.75 Å². The van der Waals surface area contributed by atoms with Crippen molar-refractivity contribution in [1.82, 2.24) is 4.90 Å². The number of carboxylic acid groups (broad SMARTS) is 1. The molecular weight excluding hydrogens is 290 g/mol. The summed E-state index contributed by atoms with van der Waals surface area (Å²) in [6.07, 6.45) is 1.54. The zero-order valence-electron chi connectivity index (χ0n) is 11.7. The molecule has 1 saturated heterocycles. The fraction of sp³-hybridized carbons (Fsp3) is 0.467. The van der Waals surface area contributed by atoms with Gasteiger partial charge in [-0.25, -0.2) is 4.79 Å². The maximum Gasteiger partial charge on any atom is 0.327 e. The standard InChI is InChI=1S/C15H17NO4S/c1-2-13-16(11(8-21-13)15(18)19)14(17)10-3-4-12-9(7-10)5-6-20-12/h3-4,7,11,13H,2,5-6,8H2,1H3,(H,18,19). The van der Waals surface area contributed by atoms with Gasteiger partial charge in [0.05, 0.1) is 12.0 Å². The monoisotopic (exact) mass is 307 g/mol. The molecule has 1 aromatic rings. The molecule has 0 radical (unpaired) electrons. The molecule has 6 heteroatoms. The summed E-state index contributed by atoms with van der Waals surface area (Å²) < 4.78 is 5.44. The third-order valence-corrected chi connectivity index (χ3v) is 5.35. The summed E-state index contributed by atoms with van der Waals surface area (Å²) in [6.45, 7) is 2.61. The lowest BCUT2D eigenvalue weighted by atomic mass is 10.1. The number of carbonyl (C=O) groups excluding carboxylic acids is 1. The van der Waals surface area contributed by atoms with Crippen molar-refractivity contribution in [2.24, 2.45) is 0 Å². The predicted molar refractivity (Wildman–Crippen MR) is 79.8 cm³/mol. The van der Waals surface area contributed by atoms with E-state index in [0.29, 0.717) is 17.9 Å². The van der Waals surface area contributed by atoms with E-state index in [1.54, 1.807) is 12.1 Å². The van der Waals surface area contributed by atoms with Crippen LogP contribution in [0.4, 0.5) is 0 Å². The van der Waals surface area contributed by atoms with Crippen molar-refractivity contribution < 1.29 is 19.4 Å². The normalized spacial score (nSPS) is 23.8. The van der Waals surface area contributed by atoms with E-state index in [4.69, 9.17) is 4.74 Å². The van der Waals surface area contributed by atoms with E-state index in [9.17, 15) is 14.7 Å². The van der Waals surface area contributed by atoms with Gasteiger partial charge in [0.1, 0.15) is 11.8 Å². The van der Waals surface area contributed by atoms with E-state index in [1.165, 1.54) is 16.7 Å². The van der Waals surface area contributed by atoms with Crippen LogP contribution in [-0.4, -0.2) is 45.7 Å². The molecule has 1 fully saturated rings. The van der Waals surface area contributed by atoms with Crippen molar-refractivity contribution in [3.8, 4) is 5.75 Å². The second kappa shape index (κ2) is 5.60. The summed E-state index contributed by atoms with van der Waals surface area (Å²) in [6, 6.07) is 4.62. The number of benzene rings is 1. The molecule has 112 valence electrons. The molecule has 0 spiro atoms. The minimum absolute atomic E-state index is 0.0666. The lowest BCUT2D eigenvalue weighted by Crippen LogP contribution is -2.45. The van der Waals surface area contributed by atoms with Crippen LogP contribution < -0.4 is 4.74 Å². The third-order valence-electron chi connectivity index (χ3n) is 3.90. The maximum atomic E-state index is 12.7. The van der Waals surface area contributed by atoms with Gasteiger partial charge >= 0.3 is 5.97 Å². The average molecular weight is 307 g/mol. The number of hydrogen-bond donors (Lipinski definition) is 1. The first-order valence-electron chi connectivity index (χ1n) is 7.04. The Morgan fingerprint density at radius 3 is 3.00 bits per heavy atom. The summed E-state index contributed by atoms with van der Waals surface area (Å²) >= 11 is 1.53. The van der Waals surface area contributed by atoms with Gasteiger partial charge in [-0.2, -0.15) is 0 Å². The van der Waals surface area contributed by atoms with E-state index in [1.807, 2.05) is 13.0 Å². The fourth-order valence-electron chi connectivity index (χ4n) is 2.81. The number of thioether (sulfide) groups is 1. The van der Waals surface area contributed by atoms with E-state index >= 15 is 0 Å². The first-order chi connectivity index (χ1) is 10.1. The highest BCUT2D eigenvalue weighted by Crippen LogP contribution is 2.34. The van der Waals surface area contributed by atoms with Crippen molar-refractivity contribution in [2.45, 2.75) is 31.2 Å². The molecule has 0 aliphatic carbocycles. The number of carboxylic acids is 1. The molecule has 2 atom stereocenters. The van der Waals surface area contributed by atoms with Crippen LogP contribution >= 0.6 is 11.8 Å². The van der Waals surface area contributed by atoms with E-state index in [2.05, 4.69) is 0 Å². The van der Waals surface area contributed by atoms with Gasteiger partial charge < -0.3 is 14.7 Å². The van der Waals surface area contributed by atoms with Crippen molar-refractivity contribution in [3.63, 3.8) is 0 Å². The molecule has 1 N–H and O–H groups in total. The zero-order valence-corrected chi connectivity index (χ0v) is 12.6. The molecule has 3 rings (SSSR count). The van der Waals surface area contributed by atoms with Crippen LogP contribution in [0, 0.1) is 0 Å². The molecule has 5 nitrogen and oxygen atoms in total. The molecule has 2 heterocycles. The minimum Gasteiger partial charge on any atom is -0.493 e. The van der Waals surface area contributed by atoms with Crippen LogP contribution in [0.15, 0.2) is 18.2 Å². The number of rotatable bonds is 3.